The van der Waals surface area contributed by atoms with Crippen molar-refractivity contribution in [3.63, 3.8) is 0 Å². The van der Waals surface area contributed by atoms with E-state index in [0.29, 0.717) is 0 Å². The van der Waals surface area contributed by atoms with E-state index in [4.69, 9.17) is 0 Å². The first-order chi connectivity index (χ1) is 10.4. The Labute approximate surface area is 171 Å². The second-order valence-corrected chi connectivity index (χ2v) is 27.2. The van der Waals surface area contributed by atoms with Crippen LogP contribution in [0.15, 0.2) is 42.0 Å². The molecule has 0 nitrogen and oxygen atoms in total. The molecule has 0 radical (unpaired) electrons. The molecule has 2 aliphatic rings. The second kappa shape index (κ2) is 11.4. The van der Waals surface area contributed by atoms with Crippen LogP contribution in [0.3, 0.4) is 0 Å². The van der Waals surface area contributed by atoms with E-state index >= 15 is 0 Å². The standard InChI is InChI=1S/2C9H13.C2H7Si.2ClH.Zr/c2*1-8(2)7-9-5-3-4-6-9;1-3-2;;;/h2*3,5,8H,4,7H2,1-2H3;3H,1-2H3;2*1H;/q;;;;;+2/p-2. The van der Waals surface area contributed by atoms with Gasteiger partial charge in [-0.25, -0.2) is 0 Å². The van der Waals surface area contributed by atoms with Crippen molar-refractivity contribution in [2.75, 3.05) is 0 Å². The van der Waals surface area contributed by atoms with Crippen LogP contribution < -0.4 is 24.8 Å². The van der Waals surface area contributed by atoms with Crippen molar-refractivity contribution in [2.24, 2.45) is 11.8 Å². The average molecular weight is 464 g/mol. The Bertz CT molecular complexity index is 484. The van der Waals surface area contributed by atoms with Crippen LogP contribution >= 0.6 is 0 Å². The summed E-state index contributed by atoms with van der Waals surface area (Å²) < 4.78 is 3.94. The van der Waals surface area contributed by atoms with Gasteiger partial charge in [-0.05, 0) is 0 Å². The molecule has 0 N–H and O–H groups in total. The van der Waals surface area contributed by atoms with E-state index in [9.17, 15) is 0 Å². The van der Waals surface area contributed by atoms with Crippen LogP contribution in [-0.4, -0.2) is 5.92 Å². The Balaban J connectivity index is 0.00000264. The van der Waals surface area contributed by atoms with Gasteiger partial charge in [-0.2, -0.15) is 0 Å². The predicted molar refractivity (Wildman–Crippen MR) is 99.4 cm³/mol. The van der Waals surface area contributed by atoms with Gasteiger partial charge in [-0.15, -0.1) is 0 Å². The molecular formula is C20H33Cl2SiZr. The maximum atomic E-state index is 2.63. The van der Waals surface area contributed by atoms with E-state index in [1.54, 1.807) is 11.1 Å². The van der Waals surface area contributed by atoms with Crippen LogP contribution in [0, 0.1) is 11.8 Å². The van der Waals surface area contributed by atoms with E-state index in [2.05, 4.69) is 65.1 Å². The Kier molecular flexibility index (Phi) is 11.7. The van der Waals surface area contributed by atoms with Crippen molar-refractivity contribution in [2.45, 2.75) is 66.5 Å². The summed E-state index contributed by atoms with van der Waals surface area (Å²) in [5.74, 6) is 1.02. The van der Waals surface area contributed by atoms with Gasteiger partial charge in [0.1, 0.15) is 0 Å². The van der Waals surface area contributed by atoms with Crippen molar-refractivity contribution in [3.05, 3.63) is 42.0 Å². The molecule has 0 spiro atoms. The van der Waals surface area contributed by atoms with Crippen molar-refractivity contribution in [1.29, 1.82) is 0 Å². The van der Waals surface area contributed by atoms with E-state index in [1.807, 2.05) is 6.56 Å². The zero-order chi connectivity index (χ0) is 16.3. The molecule has 0 saturated carbocycles. The summed E-state index contributed by atoms with van der Waals surface area (Å²) in [5, 5.41) is 0. The molecule has 0 aliphatic heterocycles. The maximum absolute atomic E-state index is 2.63. The molecule has 0 aromatic rings. The minimum atomic E-state index is -1.56. The van der Waals surface area contributed by atoms with Crippen molar-refractivity contribution in [1.82, 2.24) is 0 Å². The van der Waals surface area contributed by atoms with Gasteiger partial charge in [0.25, 0.3) is 0 Å². The molecule has 0 amide bonds. The fourth-order valence-electron chi connectivity index (χ4n) is 3.81. The summed E-state index contributed by atoms with van der Waals surface area (Å²) in [6.45, 7) is 14.7. The molecule has 0 heterocycles. The number of hydrogen-bond acceptors (Lipinski definition) is 0. The van der Waals surface area contributed by atoms with Crippen LogP contribution in [0.2, 0.25) is 13.1 Å². The fraction of sp³-hybridized carbons (Fsp3) is 0.600. The predicted octanol–water partition coefficient (Wildman–Crippen LogP) is 0.116. The first kappa shape index (κ1) is 24.6. The van der Waals surface area contributed by atoms with Gasteiger partial charge in [0.05, 0.1) is 0 Å². The van der Waals surface area contributed by atoms with Crippen LogP contribution in [0.1, 0.15) is 53.4 Å². The fourth-order valence-corrected chi connectivity index (χ4v) is 24.2. The summed E-state index contributed by atoms with van der Waals surface area (Å²) in [4.78, 5) is 0. The Morgan fingerprint density at radius 3 is 1.50 bits per heavy atom. The van der Waals surface area contributed by atoms with E-state index in [0.717, 1.165) is 11.8 Å². The van der Waals surface area contributed by atoms with Gasteiger partial charge in [0.2, 0.25) is 0 Å². The summed E-state index contributed by atoms with van der Waals surface area (Å²) >= 11 is -1.56. The second-order valence-electron chi connectivity index (χ2n) is 7.98. The molecule has 0 aromatic carbocycles. The molecule has 2 aliphatic carbocycles. The van der Waals surface area contributed by atoms with E-state index < -0.39 is 26.8 Å². The largest absolute Gasteiger partial charge is 1.00 e. The molecule has 2 rings (SSSR count). The van der Waals surface area contributed by atoms with Crippen molar-refractivity contribution >= 4 is 5.92 Å². The van der Waals surface area contributed by atoms with E-state index in [1.165, 1.54) is 25.7 Å². The van der Waals surface area contributed by atoms with Crippen LogP contribution in [0.5, 0.6) is 0 Å². The molecule has 135 valence electrons. The molecule has 24 heavy (non-hydrogen) atoms. The smallest absolute Gasteiger partial charge is 1.00 e. The Morgan fingerprint density at radius 1 is 0.833 bits per heavy atom. The summed E-state index contributed by atoms with van der Waals surface area (Å²) in [7, 11) is 0. The summed E-state index contributed by atoms with van der Waals surface area (Å²) in [6, 6.07) is 0. The SMILES string of the molecule is CC(C)CC1=[C]([Zr+2]([C]2=C(CC(C)C)C=CC2)[SiH](C)C)CC=C1.[Cl-].[Cl-]. The molecule has 0 atom stereocenters. The van der Waals surface area contributed by atoms with E-state index in [-0.39, 0.29) is 24.8 Å². The Morgan fingerprint density at radius 2 is 1.21 bits per heavy atom. The normalized spacial score (nSPS) is 16.5. The van der Waals surface area contributed by atoms with Gasteiger partial charge in [-0.1, -0.05) is 0 Å². The summed E-state index contributed by atoms with van der Waals surface area (Å²) in [5.41, 5.74) is 3.49. The van der Waals surface area contributed by atoms with Crippen LogP contribution in [0.25, 0.3) is 0 Å². The van der Waals surface area contributed by atoms with Crippen molar-refractivity contribution < 1.29 is 45.7 Å². The quantitative estimate of drug-likeness (QED) is 0.471. The number of hydrogen-bond donors (Lipinski definition) is 0. The van der Waals surface area contributed by atoms with Gasteiger partial charge in [0.15, 0.2) is 0 Å². The van der Waals surface area contributed by atoms with Crippen molar-refractivity contribution in [3.8, 4) is 0 Å². The third-order valence-corrected chi connectivity index (χ3v) is 24.1. The minimum absolute atomic E-state index is 0. The van der Waals surface area contributed by atoms with Gasteiger partial charge < -0.3 is 24.8 Å². The topological polar surface area (TPSA) is 0 Å². The number of allylic oxidation sites excluding steroid dienone is 8. The molecule has 4 heteroatoms. The number of rotatable bonds is 7. The molecule has 0 bridgehead atoms. The van der Waals surface area contributed by atoms with Crippen LogP contribution in [-0.2, 0) is 20.9 Å². The van der Waals surface area contributed by atoms with Gasteiger partial charge in [-0.3, -0.25) is 0 Å². The monoisotopic (exact) mass is 461 g/mol. The molecule has 0 fully saturated rings. The molecule has 0 unspecified atom stereocenters. The first-order valence-electron chi connectivity index (χ1n) is 9.04. The van der Waals surface area contributed by atoms with Gasteiger partial charge >= 0.3 is 147 Å². The molecule has 0 saturated heterocycles. The van der Waals surface area contributed by atoms with Gasteiger partial charge in [0, 0.05) is 0 Å². The first-order valence-corrected chi connectivity index (χ1v) is 18.6. The van der Waals surface area contributed by atoms with Crippen LogP contribution in [0.4, 0.5) is 0 Å². The third-order valence-electron chi connectivity index (χ3n) is 4.54. The average Bonchev–Trinajstić information content (AvgIpc) is 3.00. The molecular weight excluding hydrogens is 430 g/mol. The molecule has 0 aromatic heterocycles. The zero-order valence-electron chi connectivity index (χ0n) is 16.1. The Hall–Kier alpha value is 0.640. The minimum Gasteiger partial charge on any atom is -1.00 e. The zero-order valence-corrected chi connectivity index (χ0v) is 21.3. The maximum Gasteiger partial charge on any atom is -1.00 e. The third kappa shape index (κ3) is 6.42. The summed E-state index contributed by atoms with van der Waals surface area (Å²) in [6.07, 6.45) is 15.0. The number of halogens is 2.